The van der Waals surface area contributed by atoms with Crippen molar-refractivity contribution in [3.05, 3.63) is 23.8 Å². The van der Waals surface area contributed by atoms with Gasteiger partial charge >= 0.3 is 0 Å². The second-order valence-electron chi connectivity index (χ2n) is 5.11. The van der Waals surface area contributed by atoms with Crippen LogP contribution in [0.1, 0.15) is 32.8 Å². The fourth-order valence-corrected chi connectivity index (χ4v) is 1.76. The van der Waals surface area contributed by atoms with E-state index in [0.717, 1.165) is 12.0 Å². The van der Waals surface area contributed by atoms with Crippen molar-refractivity contribution < 1.29 is 9.59 Å². The lowest BCUT2D eigenvalue weighted by molar-refractivity contribution is -0.118. The van der Waals surface area contributed by atoms with Crippen LogP contribution in [0.3, 0.4) is 0 Å². The Morgan fingerprint density at radius 3 is 2.43 bits per heavy atom. The van der Waals surface area contributed by atoms with Gasteiger partial charge in [0.2, 0.25) is 11.8 Å². The minimum Gasteiger partial charge on any atom is -0.326 e. The summed E-state index contributed by atoms with van der Waals surface area (Å²) in [6.07, 6.45) is 0.847. The van der Waals surface area contributed by atoms with E-state index in [1.807, 2.05) is 26.8 Å². The Hall–Kier alpha value is -1.59. The van der Waals surface area contributed by atoms with Gasteiger partial charge in [-0.05, 0) is 30.5 Å². The van der Waals surface area contributed by atoms with Gasteiger partial charge in [-0.15, -0.1) is 12.4 Å². The molecule has 5 nitrogen and oxygen atoms in total. The molecule has 2 amide bonds. The molecule has 0 aliphatic rings. The minimum atomic E-state index is -0.537. The van der Waals surface area contributed by atoms with Crippen LogP contribution in [0.2, 0.25) is 0 Å². The van der Waals surface area contributed by atoms with Gasteiger partial charge in [-0.3, -0.25) is 9.59 Å². The second-order valence-corrected chi connectivity index (χ2v) is 5.11. The van der Waals surface area contributed by atoms with Crippen molar-refractivity contribution in [1.29, 1.82) is 0 Å². The molecular weight excluding hydrogens is 290 g/mol. The summed E-state index contributed by atoms with van der Waals surface area (Å²) in [7, 11) is 0. The molecule has 0 radical (unpaired) electrons. The third-order valence-electron chi connectivity index (χ3n) is 3.38. The van der Waals surface area contributed by atoms with Crippen LogP contribution in [0.4, 0.5) is 11.4 Å². The number of nitrogens with one attached hydrogen (secondary N) is 2. The van der Waals surface area contributed by atoms with Crippen molar-refractivity contribution in [3.63, 3.8) is 0 Å². The van der Waals surface area contributed by atoms with Crippen LogP contribution < -0.4 is 16.4 Å². The average Bonchev–Trinajstić information content (AvgIpc) is 2.40. The summed E-state index contributed by atoms with van der Waals surface area (Å²) in [5.74, 6) is -0.236. The Labute approximate surface area is 132 Å². The maximum atomic E-state index is 12.0. The number of rotatable bonds is 5. The third kappa shape index (κ3) is 5.73. The summed E-state index contributed by atoms with van der Waals surface area (Å²) in [5, 5.41) is 5.51. The molecule has 118 valence electrons. The molecular formula is C15H24ClN3O2. The molecule has 21 heavy (non-hydrogen) atoms. The molecule has 2 atom stereocenters. The topological polar surface area (TPSA) is 84.2 Å². The zero-order valence-corrected chi connectivity index (χ0v) is 13.7. The standard InChI is InChI=1S/C15H23N3O2.ClH/c1-5-9(2)14(16)15(20)18-12-7-6-10(3)13(8-12)17-11(4)19;/h6-9,14H,5,16H2,1-4H3,(H,17,19)(H,18,20);1H. The largest absolute Gasteiger partial charge is 0.326 e. The number of nitrogens with two attached hydrogens (primary N) is 1. The lowest BCUT2D eigenvalue weighted by atomic mass is 9.99. The predicted octanol–water partition coefficient (Wildman–Crippen LogP) is 2.69. The number of carbonyl (C=O) groups is 2. The smallest absolute Gasteiger partial charge is 0.241 e. The zero-order chi connectivity index (χ0) is 15.3. The summed E-state index contributed by atoms with van der Waals surface area (Å²) >= 11 is 0. The molecule has 0 saturated carbocycles. The first kappa shape index (κ1) is 19.4. The molecule has 4 N–H and O–H groups in total. The van der Waals surface area contributed by atoms with E-state index >= 15 is 0 Å². The first-order valence-corrected chi connectivity index (χ1v) is 6.79. The van der Waals surface area contributed by atoms with Crippen LogP contribution in [0, 0.1) is 12.8 Å². The van der Waals surface area contributed by atoms with Crippen molar-refractivity contribution in [1.82, 2.24) is 0 Å². The zero-order valence-electron chi connectivity index (χ0n) is 12.9. The number of hydrogen-bond donors (Lipinski definition) is 3. The monoisotopic (exact) mass is 313 g/mol. The Bertz CT molecular complexity index is 506. The van der Waals surface area contributed by atoms with Gasteiger partial charge in [0.15, 0.2) is 0 Å². The van der Waals surface area contributed by atoms with Crippen molar-refractivity contribution in [2.45, 2.75) is 40.2 Å². The summed E-state index contributed by atoms with van der Waals surface area (Å²) in [6, 6.07) is 4.83. The fourth-order valence-electron chi connectivity index (χ4n) is 1.76. The summed E-state index contributed by atoms with van der Waals surface area (Å²) in [4.78, 5) is 23.1. The average molecular weight is 314 g/mol. The van der Waals surface area contributed by atoms with Crippen LogP contribution in [-0.4, -0.2) is 17.9 Å². The number of halogens is 1. The Balaban J connectivity index is 0.00000400. The molecule has 0 saturated heterocycles. The number of anilines is 2. The van der Waals surface area contributed by atoms with Crippen molar-refractivity contribution >= 4 is 35.6 Å². The van der Waals surface area contributed by atoms with Gasteiger partial charge in [0, 0.05) is 18.3 Å². The Morgan fingerprint density at radius 1 is 1.29 bits per heavy atom. The van der Waals surface area contributed by atoms with E-state index in [9.17, 15) is 9.59 Å². The highest BCUT2D eigenvalue weighted by molar-refractivity contribution is 5.96. The van der Waals surface area contributed by atoms with Gasteiger partial charge in [0.1, 0.15) is 0 Å². The third-order valence-corrected chi connectivity index (χ3v) is 3.38. The molecule has 0 bridgehead atoms. The van der Waals surface area contributed by atoms with Gasteiger partial charge in [-0.25, -0.2) is 0 Å². The second kappa shape index (κ2) is 8.64. The molecule has 1 aromatic carbocycles. The van der Waals surface area contributed by atoms with E-state index in [2.05, 4.69) is 10.6 Å². The van der Waals surface area contributed by atoms with Gasteiger partial charge in [-0.1, -0.05) is 26.3 Å². The molecule has 2 unspecified atom stereocenters. The molecule has 6 heteroatoms. The summed E-state index contributed by atoms with van der Waals surface area (Å²) < 4.78 is 0. The van der Waals surface area contributed by atoms with E-state index in [-0.39, 0.29) is 30.1 Å². The van der Waals surface area contributed by atoms with Crippen molar-refractivity contribution in [3.8, 4) is 0 Å². The lowest BCUT2D eigenvalue weighted by Gasteiger charge is -2.18. The minimum absolute atomic E-state index is 0. The molecule has 0 aliphatic heterocycles. The number of hydrogen-bond acceptors (Lipinski definition) is 3. The predicted molar refractivity (Wildman–Crippen MR) is 88.8 cm³/mol. The number of amides is 2. The molecule has 0 aliphatic carbocycles. The molecule has 1 rings (SSSR count). The van der Waals surface area contributed by atoms with Gasteiger partial charge < -0.3 is 16.4 Å². The van der Waals surface area contributed by atoms with E-state index in [1.165, 1.54) is 6.92 Å². The molecule has 0 fully saturated rings. The highest BCUT2D eigenvalue weighted by Crippen LogP contribution is 2.20. The molecule has 0 heterocycles. The van der Waals surface area contributed by atoms with Gasteiger partial charge in [0.25, 0.3) is 0 Å². The first-order chi connectivity index (χ1) is 9.35. The van der Waals surface area contributed by atoms with Gasteiger partial charge in [-0.2, -0.15) is 0 Å². The van der Waals surface area contributed by atoms with Crippen LogP contribution in [0.5, 0.6) is 0 Å². The normalized spacial score (nSPS) is 12.8. The number of carbonyl (C=O) groups excluding carboxylic acids is 2. The van der Waals surface area contributed by atoms with Crippen LogP contribution in [-0.2, 0) is 9.59 Å². The number of benzene rings is 1. The summed E-state index contributed by atoms with van der Waals surface area (Å²) in [6.45, 7) is 7.28. The first-order valence-electron chi connectivity index (χ1n) is 6.79. The fraction of sp³-hybridized carbons (Fsp3) is 0.467. The summed E-state index contributed by atoms with van der Waals surface area (Å²) in [5.41, 5.74) is 8.14. The SMILES string of the molecule is CCC(C)C(N)C(=O)Nc1ccc(C)c(NC(C)=O)c1.Cl. The van der Waals surface area contributed by atoms with Gasteiger partial charge in [0.05, 0.1) is 6.04 Å². The molecule has 1 aromatic rings. The van der Waals surface area contributed by atoms with E-state index in [1.54, 1.807) is 12.1 Å². The van der Waals surface area contributed by atoms with Crippen molar-refractivity contribution in [2.75, 3.05) is 10.6 Å². The van der Waals surface area contributed by atoms with E-state index in [0.29, 0.717) is 11.4 Å². The maximum absolute atomic E-state index is 12.0. The van der Waals surface area contributed by atoms with Crippen LogP contribution in [0.15, 0.2) is 18.2 Å². The molecule has 0 spiro atoms. The Morgan fingerprint density at radius 2 is 1.90 bits per heavy atom. The lowest BCUT2D eigenvalue weighted by Crippen LogP contribution is -2.40. The van der Waals surface area contributed by atoms with E-state index in [4.69, 9.17) is 5.73 Å². The number of aryl methyl sites for hydroxylation is 1. The highest BCUT2D eigenvalue weighted by atomic mass is 35.5. The Kier molecular flexibility index (Phi) is 7.99. The van der Waals surface area contributed by atoms with Crippen LogP contribution >= 0.6 is 12.4 Å². The quantitative estimate of drug-likeness (QED) is 0.781. The van der Waals surface area contributed by atoms with Crippen LogP contribution in [0.25, 0.3) is 0 Å². The maximum Gasteiger partial charge on any atom is 0.241 e. The van der Waals surface area contributed by atoms with Crippen molar-refractivity contribution in [2.24, 2.45) is 11.7 Å². The highest BCUT2D eigenvalue weighted by Gasteiger charge is 2.19. The van der Waals surface area contributed by atoms with E-state index < -0.39 is 6.04 Å². The molecule has 0 aromatic heterocycles.